The lowest BCUT2D eigenvalue weighted by Gasteiger charge is -2.27. The predicted molar refractivity (Wildman–Crippen MR) is 86.9 cm³/mol. The van der Waals surface area contributed by atoms with E-state index in [1.54, 1.807) is 13.1 Å². The van der Waals surface area contributed by atoms with Crippen molar-refractivity contribution in [1.29, 1.82) is 0 Å². The number of nitrogens with zero attached hydrogens (tertiary/aromatic N) is 2. The van der Waals surface area contributed by atoms with Crippen molar-refractivity contribution in [2.24, 2.45) is 4.99 Å². The van der Waals surface area contributed by atoms with Gasteiger partial charge in [0.2, 0.25) is 0 Å². The molecule has 0 aromatic carbocycles. The van der Waals surface area contributed by atoms with Crippen LogP contribution in [-0.2, 0) is 4.74 Å². The van der Waals surface area contributed by atoms with Crippen LogP contribution in [0.5, 0.6) is 0 Å². The molecule has 0 saturated carbocycles. The molecular formula is C14H25N3O2S. The number of rotatable bonds is 5. The Kier molecular flexibility index (Phi) is 8.06. The second-order valence-corrected chi connectivity index (χ2v) is 5.95. The molecule has 114 valence electrons. The maximum Gasteiger partial charge on any atom is 0.429 e. The maximum atomic E-state index is 12.0. The van der Waals surface area contributed by atoms with E-state index in [0.717, 1.165) is 6.42 Å². The van der Waals surface area contributed by atoms with Crippen LogP contribution in [0.1, 0.15) is 47.5 Å². The number of hydrazine groups is 1. The molecule has 0 bridgehead atoms. The van der Waals surface area contributed by atoms with Gasteiger partial charge in [-0.15, -0.1) is 0 Å². The van der Waals surface area contributed by atoms with Crippen LogP contribution in [0, 0.1) is 0 Å². The zero-order chi connectivity index (χ0) is 15.8. The third-order valence-electron chi connectivity index (χ3n) is 1.99. The highest BCUT2D eigenvalue weighted by Gasteiger charge is 2.22. The Morgan fingerprint density at radius 2 is 2.10 bits per heavy atom. The van der Waals surface area contributed by atoms with Gasteiger partial charge in [0.05, 0.1) is 11.5 Å². The highest BCUT2D eigenvalue weighted by Crippen LogP contribution is 2.10. The highest BCUT2D eigenvalue weighted by atomic mass is 32.1. The van der Waals surface area contributed by atoms with E-state index < -0.39 is 11.7 Å². The van der Waals surface area contributed by atoms with Crippen LogP contribution in [0.2, 0.25) is 0 Å². The first-order valence-electron chi connectivity index (χ1n) is 6.63. The summed E-state index contributed by atoms with van der Waals surface area (Å²) in [7, 11) is 0. The third-order valence-corrected chi connectivity index (χ3v) is 2.08. The molecule has 0 aromatic heterocycles. The summed E-state index contributed by atoms with van der Waals surface area (Å²) in [6.45, 7) is 13.4. The number of hydrogen-bond donors (Lipinski definition) is 1. The summed E-state index contributed by atoms with van der Waals surface area (Å²) in [4.78, 5) is 16.7. The largest absolute Gasteiger partial charge is 0.442 e. The number of ether oxygens (including phenoxy) is 1. The molecule has 0 radical (unpaired) electrons. The van der Waals surface area contributed by atoms with Crippen molar-refractivity contribution in [2.45, 2.75) is 53.1 Å². The van der Waals surface area contributed by atoms with Gasteiger partial charge in [-0.3, -0.25) is 10.4 Å². The summed E-state index contributed by atoms with van der Waals surface area (Å²) < 4.78 is 5.31. The van der Waals surface area contributed by atoms with Crippen molar-refractivity contribution in [3.63, 3.8) is 0 Å². The van der Waals surface area contributed by atoms with Crippen molar-refractivity contribution in [3.05, 3.63) is 12.3 Å². The second-order valence-electron chi connectivity index (χ2n) is 5.34. The van der Waals surface area contributed by atoms with E-state index in [-0.39, 0.29) is 0 Å². The lowest BCUT2D eigenvalue weighted by atomic mass is 10.2. The number of nitrogens with one attached hydrogen (secondary N) is 1. The van der Waals surface area contributed by atoms with Gasteiger partial charge in [-0.1, -0.05) is 25.7 Å². The van der Waals surface area contributed by atoms with Crippen molar-refractivity contribution < 1.29 is 9.53 Å². The van der Waals surface area contributed by atoms with Gasteiger partial charge in [0.15, 0.2) is 0 Å². The summed E-state index contributed by atoms with van der Waals surface area (Å²) in [5.74, 6) is 0. The summed E-state index contributed by atoms with van der Waals surface area (Å²) in [6.07, 6.45) is 2.73. The zero-order valence-corrected chi connectivity index (χ0v) is 13.8. The quantitative estimate of drug-likeness (QED) is 0.480. The molecule has 0 aliphatic heterocycles. The highest BCUT2D eigenvalue weighted by molar-refractivity contribution is 7.80. The van der Waals surface area contributed by atoms with Gasteiger partial charge in [0.25, 0.3) is 0 Å². The molecule has 0 atom stereocenters. The lowest BCUT2D eigenvalue weighted by Crippen LogP contribution is -2.47. The molecule has 0 heterocycles. The average molecular weight is 299 g/mol. The van der Waals surface area contributed by atoms with Gasteiger partial charge in [0.1, 0.15) is 5.60 Å². The number of thiocarbonyl (C=S) groups is 1. The molecule has 0 aromatic rings. The number of carbonyl (C=O) groups is 1. The first kappa shape index (κ1) is 18.6. The van der Waals surface area contributed by atoms with Crippen molar-refractivity contribution in [2.75, 3.05) is 6.54 Å². The first-order valence-corrected chi connectivity index (χ1v) is 7.04. The average Bonchev–Trinajstić information content (AvgIpc) is 2.29. The minimum Gasteiger partial charge on any atom is -0.442 e. The molecule has 0 unspecified atom stereocenters. The van der Waals surface area contributed by atoms with Crippen molar-refractivity contribution in [1.82, 2.24) is 10.4 Å². The number of hydrogen-bond acceptors (Lipinski definition) is 4. The second kappa shape index (κ2) is 8.68. The molecule has 0 aliphatic rings. The van der Waals surface area contributed by atoms with E-state index in [9.17, 15) is 4.79 Å². The predicted octanol–water partition coefficient (Wildman–Crippen LogP) is 3.46. The molecular weight excluding hydrogens is 274 g/mol. The van der Waals surface area contributed by atoms with Crippen LogP contribution in [0.15, 0.2) is 17.3 Å². The van der Waals surface area contributed by atoms with Gasteiger partial charge in [-0.25, -0.2) is 9.80 Å². The normalized spacial score (nSPS) is 11.2. The van der Waals surface area contributed by atoms with Crippen molar-refractivity contribution in [3.8, 4) is 0 Å². The Morgan fingerprint density at radius 3 is 2.55 bits per heavy atom. The Balaban J connectivity index is 4.57. The third kappa shape index (κ3) is 9.49. The van der Waals surface area contributed by atoms with Crippen LogP contribution < -0.4 is 5.43 Å². The Bertz CT molecular complexity index is 386. The van der Waals surface area contributed by atoms with Gasteiger partial charge >= 0.3 is 6.09 Å². The molecule has 1 amide bonds. The minimum absolute atomic E-state index is 0.392. The molecule has 0 rings (SSSR count). The van der Waals surface area contributed by atoms with Crippen LogP contribution in [0.25, 0.3) is 0 Å². The Hall–Kier alpha value is -1.43. The fourth-order valence-electron chi connectivity index (χ4n) is 1.23. The molecule has 0 spiro atoms. The summed E-state index contributed by atoms with van der Waals surface area (Å²) in [5, 5.41) is 1.35. The molecule has 6 heteroatoms. The van der Waals surface area contributed by atoms with E-state index in [4.69, 9.17) is 17.0 Å². The SMILES string of the molecule is C=C(CCN(NC(C)=S)C(=O)OC(C)(C)C)N=CCC. The maximum absolute atomic E-state index is 12.0. The standard InChI is InChI=1S/C14H25N3O2S/c1-7-9-15-11(2)8-10-17(16-12(3)20)13(18)19-14(4,5)6/h9H,2,7-8,10H2,1,3-6H3,(H,16,20). The topological polar surface area (TPSA) is 53.9 Å². The molecule has 0 saturated heterocycles. The number of amides is 1. The summed E-state index contributed by atoms with van der Waals surface area (Å²) >= 11 is 4.97. The van der Waals surface area contributed by atoms with Crippen LogP contribution >= 0.6 is 12.2 Å². The molecule has 20 heavy (non-hydrogen) atoms. The molecule has 0 fully saturated rings. The van der Waals surface area contributed by atoms with E-state index in [1.807, 2.05) is 27.7 Å². The Morgan fingerprint density at radius 1 is 1.50 bits per heavy atom. The molecule has 0 aliphatic carbocycles. The van der Waals surface area contributed by atoms with Crippen LogP contribution in [0.4, 0.5) is 4.79 Å². The van der Waals surface area contributed by atoms with Gasteiger partial charge in [-0.2, -0.15) is 0 Å². The van der Waals surface area contributed by atoms with E-state index in [0.29, 0.717) is 23.7 Å². The minimum atomic E-state index is -0.552. The summed E-state index contributed by atoms with van der Waals surface area (Å²) in [5.41, 5.74) is 2.97. The monoisotopic (exact) mass is 299 g/mol. The van der Waals surface area contributed by atoms with Gasteiger partial charge in [-0.05, 0) is 34.1 Å². The van der Waals surface area contributed by atoms with E-state index >= 15 is 0 Å². The van der Waals surface area contributed by atoms with E-state index in [1.165, 1.54) is 5.01 Å². The Labute approximate surface area is 127 Å². The fraction of sp³-hybridized carbons (Fsp3) is 0.643. The van der Waals surface area contributed by atoms with E-state index in [2.05, 4.69) is 17.0 Å². The number of aliphatic imine (C=N–C) groups is 1. The van der Waals surface area contributed by atoms with Gasteiger partial charge in [0, 0.05) is 18.3 Å². The first-order chi connectivity index (χ1) is 9.15. The van der Waals surface area contributed by atoms with Crippen molar-refractivity contribution >= 4 is 29.5 Å². The van der Waals surface area contributed by atoms with Crippen LogP contribution in [0.3, 0.4) is 0 Å². The lowest BCUT2D eigenvalue weighted by molar-refractivity contribution is 0.0197. The van der Waals surface area contributed by atoms with Gasteiger partial charge < -0.3 is 4.74 Å². The smallest absolute Gasteiger partial charge is 0.429 e. The number of carbonyl (C=O) groups excluding carboxylic acids is 1. The zero-order valence-electron chi connectivity index (χ0n) is 13.0. The fourth-order valence-corrected chi connectivity index (χ4v) is 1.34. The molecule has 1 N–H and O–H groups in total. The summed E-state index contributed by atoms with van der Waals surface area (Å²) in [6, 6.07) is 0. The molecule has 5 nitrogen and oxygen atoms in total. The van der Waals surface area contributed by atoms with Crippen LogP contribution in [-0.4, -0.2) is 34.5 Å².